The van der Waals surface area contributed by atoms with Gasteiger partial charge >= 0.3 is 0 Å². The Bertz CT molecular complexity index is 655. The number of anilines is 1. The normalized spacial score (nSPS) is 10.3. The average Bonchev–Trinajstić information content (AvgIpc) is 2.51. The van der Waals surface area contributed by atoms with Gasteiger partial charge in [-0.1, -0.05) is 18.2 Å². The van der Waals surface area contributed by atoms with E-state index in [2.05, 4.69) is 5.32 Å². The SMILES string of the molecule is COc1ccc(CCCC(=O)Nc2ccccc2F)c(C)c1. The number of carbonyl (C=O) groups excluding carboxylic acids is 1. The van der Waals surface area contributed by atoms with Crippen LogP contribution in [0.3, 0.4) is 0 Å². The molecule has 0 aliphatic rings. The first-order valence-corrected chi connectivity index (χ1v) is 7.28. The molecule has 0 aliphatic heterocycles. The minimum atomic E-state index is -0.415. The molecule has 0 radical (unpaired) electrons. The highest BCUT2D eigenvalue weighted by Gasteiger charge is 2.07. The topological polar surface area (TPSA) is 38.3 Å². The molecule has 0 spiro atoms. The summed E-state index contributed by atoms with van der Waals surface area (Å²) in [5, 5.41) is 2.60. The van der Waals surface area contributed by atoms with E-state index in [0.29, 0.717) is 12.8 Å². The monoisotopic (exact) mass is 301 g/mol. The minimum Gasteiger partial charge on any atom is -0.497 e. The van der Waals surface area contributed by atoms with Crippen LogP contribution in [0, 0.1) is 12.7 Å². The van der Waals surface area contributed by atoms with E-state index in [1.165, 1.54) is 11.6 Å². The molecule has 0 fully saturated rings. The number of benzene rings is 2. The molecule has 3 nitrogen and oxygen atoms in total. The summed E-state index contributed by atoms with van der Waals surface area (Å²) in [6, 6.07) is 12.1. The summed E-state index contributed by atoms with van der Waals surface area (Å²) in [5.41, 5.74) is 2.57. The Morgan fingerprint density at radius 1 is 1.23 bits per heavy atom. The van der Waals surface area contributed by atoms with Gasteiger partial charge in [-0.25, -0.2) is 4.39 Å². The molecule has 0 aliphatic carbocycles. The Labute approximate surface area is 130 Å². The van der Waals surface area contributed by atoms with E-state index in [-0.39, 0.29) is 11.6 Å². The zero-order valence-electron chi connectivity index (χ0n) is 12.9. The van der Waals surface area contributed by atoms with E-state index in [1.807, 2.05) is 25.1 Å². The number of hydrogen-bond acceptors (Lipinski definition) is 2. The largest absolute Gasteiger partial charge is 0.497 e. The third kappa shape index (κ3) is 4.32. The van der Waals surface area contributed by atoms with Gasteiger partial charge in [0.25, 0.3) is 0 Å². The second-order valence-electron chi connectivity index (χ2n) is 5.17. The number of hydrogen-bond donors (Lipinski definition) is 1. The highest BCUT2D eigenvalue weighted by molar-refractivity contribution is 5.90. The molecule has 0 unspecified atom stereocenters. The van der Waals surface area contributed by atoms with Crippen molar-refractivity contribution >= 4 is 11.6 Å². The van der Waals surface area contributed by atoms with Gasteiger partial charge in [0.05, 0.1) is 12.8 Å². The van der Waals surface area contributed by atoms with Crippen molar-refractivity contribution in [3.63, 3.8) is 0 Å². The first-order valence-electron chi connectivity index (χ1n) is 7.28. The predicted octanol–water partition coefficient (Wildman–Crippen LogP) is 4.10. The molecule has 1 amide bonds. The maximum absolute atomic E-state index is 13.4. The van der Waals surface area contributed by atoms with Crippen LogP contribution in [0.2, 0.25) is 0 Å². The molecule has 0 atom stereocenters. The van der Waals surface area contributed by atoms with Crippen molar-refractivity contribution in [1.29, 1.82) is 0 Å². The Kier molecular flexibility index (Phi) is 5.53. The molecule has 0 bridgehead atoms. The lowest BCUT2D eigenvalue weighted by Gasteiger charge is -2.09. The molecule has 0 saturated heterocycles. The van der Waals surface area contributed by atoms with E-state index in [0.717, 1.165) is 17.7 Å². The van der Waals surface area contributed by atoms with Crippen molar-refractivity contribution < 1.29 is 13.9 Å². The molecular formula is C18H20FNO2. The number of aryl methyl sites for hydroxylation is 2. The number of rotatable bonds is 6. The quantitative estimate of drug-likeness (QED) is 0.872. The fraction of sp³-hybridized carbons (Fsp3) is 0.278. The first kappa shape index (κ1) is 16.0. The molecule has 1 N–H and O–H groups in total. The van der Waals surface area contributed by atoms with Crippen LogP contribution in [0.25, 0.3) is 0 Å². The summed E-state index contributed by atoms with van der Waals surface area (Å²) in [6.45, 7) is 2.03. The summed E-state index contributed by atoms with van der Waals surface area (Å²) < 4.78 is 18.6. The van der Waals surface area contributed by atoms with E-state index in [1.54, 1.807) is 25.3 Å². The number of amides is 1. The van der Waals surface area contributed by atoms with Gasteiger partial charge in [0.2, 0.25) is 5.91 Å². The lowest BCUT2D eigenvalue weighted by atomic mass is 10.0. The van der Waals surface area contributed by atoms with Crippen molar-refractivity contribution in [3.05, 3.63) is 59.4 Å². The number of para-hydroxylation sites is 1. The summed E-state index contributed by atoms with van der Waals surface area (Å²) >= 11 is 0. The van der Waals surface area contributed by atoms with Crippen molar-refractivity contribution in [1.82, 2.24) is 0 Å². The maximum Gasteiger partial charge on any atom is 0.224 e. The van der Waals surface area contributed by atoms with Crippen molar-refractivity contribution in [3.8, 4) is 5.75 Å². The van der Waals surface area contributed by atoms with Gasteiger partial charge in [-0.3, -0.25) is 4.79 Å². The van der Waals surface area contributed by atoms with E-state index in [4.69, 9.17) is 4.74 Å². The van der Waals surface area contributed by atoms with Gasteiger partial charge in [0.1, 0.15) is 11.6 Å². The van der Waals surface area contributed by atoms with Crippen LogP contribution in [-0.4, -0.2) is 13.0 Å². The third-order valence-corrected chi connectivity index (χ3v) is 3.55. The van der Waals surface area contributed by atoms with Crippen LogP contribution in [0.15, 0.2) is 42.5 Å². The van der Waals surface area contributed by atoms with Crippen LogP contribution in [0.5, 0.6) is 5.75 Å². The lowest BCUT2D eigenvalue weighted by Crippen LogP contribution is -2.12. The van der Waals surface area contributed by atoms with Crippen LogP contribution in [0.1, 0.15) is 24.0 Å². The van der Waals surface area contributed by atoms with E-state index in [9.17, 15) is 9.18 Å². The number of ether oxygens (including phenoxy) is 1. The highest BCUT2D eigenvalue weighted by Crippen LogP contribution is 2.19. The Balaban J connectivity index is 1.83. The van der Waals surface area contributed by atoms with Crippen LogP contribution >= 0.6 is 0 Å². The van der Waals surface area contributed by atoms with Crippen LogP contribution in [-0.2, 0) is 11.2 Å². The number of methoxy groups -OCH3 is 1. The molecule has 2 aromatic rings. The van der Waals surface area contributed by atoms with Crippen molar-refractivity contribution in [2.45, 2.75) is 26.2 Å². The zero-order valence-corrected chi connectivity index (χ0v) is 12.9. The minimum absolute atomic E-state index is 0.170. The van der Waals surface area contributed by atoms with Crippen molar-refractivity contribution in [2.24, 2.45) is 0 Å². The Hall–Kier alpha value is -2.36. The summed E-state index contributed by atoms with van der Waals surface area (Å²) in [7, 11) is 1.64. The van der Waals surface area contributed by atoms with Gasteiger partial charge in [-0.15, -0.1) is 0 Å². The first-order chi connectivity index (χ1) is 10.6. The van der Waals surface area contributed by atoms with Crippen LogP contribution in [0.4, 0.5) is 10.1 Å². The van der Waals surface area contributed by atoms with Gasteiger partial charge in [-0.2, -0.15) is 0 Å². The Morgan fingerprint density at radius 2 is 2.00 bits per heavy atom. The fourth-order valence-corrected chi connectivity index (χ4v) is 2.29. The highest BCUT2D eigenvalue weighted by atomic mass is 19.1. The molecule has 0 saturated carbocycles. The third-order valence-electron chi connectivity index (χ3n) is 3.55. The van der Waals surface area contributed by atoms with E-state index >= 15 is 0 Å². The van der Waals surface area contributed by atoms with Crippen LogP contribution < -0.4 is 10.1 Å². The molecule has 2 rings (SSSR count). The number of halogens is 1. The van der Waals surface area contributed by atoms with Gasteiger partial charge in [0, 0.05) is 6.42 Å². The molecular weight excluding hydrogens is 281 g/mol. The molecule has 0 aromatic heterocycles. The molecule has 0 heterocycles. The van der Waals surface area contributed by atoms with Gasteiger partial charge < -0.3 is 10.1 Å². The standard InChI is InChI=1S/C18H20FNO2/c1-13-12-15(22-2)11-10-14(13)6-5-9-18(21)20-17-8-4-3-7-16(17)19/h3-4,7-8,10-12H,5-6,9H2,1-2H3,(H,20,21). The summed E-state index contributed by atoms with van der Waals surface area (Å²) in [6.07, 6.45) is 1.88. The summed E-state index contributed by atoms with van der Waals surface area (Å²) in [5.74, 6) is 0.247. The zero-order chi connectivity index (χ0) is 15.9. The molecule has 4 heteroatoms. The number of carbonyl (C=O) groups is 1. The van der Waals surface area contributed by atoms with E-state index < -0.39 is 5.82 Å². The van der Waals surface area contributed by atoms with Gasteiger partial charge in [0.15, 0.2) is 0 Å². The summed E-state index contributed by atoms with van der Waals surface area (Å²) in [4.78, 5) is 11.8. The molecule has 116 valence electrons. The fourth-order valence-electron chi connectivity index (χ4n) is 2.29. The molecule has 22 heavy (non-hydrogen) atoms. The van der Waals surface area contributed by atoms with Crippen molar-refractivity contribution in [2.75, 3.05) is 12.4 Å². The maximum atomic E-state index is 13.4. The predicted molar refractivity (Wildman–Crippen MR) is 85.7 cm³/mol. The average molecular weight is 301 g/mol. The second-order valence-corrected chi connectivity index (χ2v) is 5.17. The lowest BCUT2D eigenvalue weighted by molar-refractivity contribution is -0.116. The molecule has 2 aromatic carbocycles. The second kappa shape index (κ2) is 7.59. The van der Waals surface area contributed by atoms with Gasteiger partial charge in [-0.05, 0) is 55.2 Å². The smallest absolute Gasteiger partial charge is 0.224 e. The Morgan fingerprint density at radius 3 is 2.68 bits per heavy atom. The number of nitrogens with one attached hydrogen (secondary N) is 1.